The summed E-state index contributed by atoms with van der Waals surface area (Å²) in [5.74, 6) is -1.68. The second-order valence-corrected chi connectivity index (χ2v) is 9.88. The Kier molecular flexibility index (Phi) is 6.84. The van der Waals surface area contributed by atoms with Gasteiger partial charge in [0, 0.05) is 23.6 Å². The Morgan fingerprint density at radius 3 is 2.53 bits per heavy atom. The number of aliphatic imine (C=N–C) groups is 1. The fraction of sp³-hybridized carbons (Fsp3) is 0.154. The fourth-order valence-corrected chi connectivity index (χ4v) is 5.19. The van der Waals surface area contributed by atoms with Crippen molar-refractivity contribution in [2.24, 2.45) is 10.1 Å². The molecule has 36 heavy (non-hydrogen) atoms. The molecule has 2 atom stereocenters. The molecule has 0 saturated carbocycles. The Balaban J connectivity index is 1.35. The molecule has 3 aromatic rings. The van der Waals surface area contributed by atoms with Crippen LogP contribution in [0.1, 0.15) is 30.0 Å². The molecule has 2 aliphatic rings. The van der Waals surface area contributed by atoms with Crippen LogP contribution < -0.4 is 5.32 Å². The van der Waals surface area contributed by atoms with E-state index in [9.17, 15) is 18.4 Å². The van der Waals surface area contributed by atoms with Crippen molar-refractivity contribution in [2.75, 3.05) is 5.32 Å². The van der Waals surface area contributed by atoms with Crippen molar-refractivity contribution in [3.05, 3.63) is 101 Å². The number of carbonyl (C=O) groups excluding carboxylic acids is 2. The summed E-state index contributed by atoms with van der Waals surface area (Å²) in [4.78, 5) is 29.4. The molecular formula is C26H19ClF2N4O2S. The number of anilines is 1. The predicted molar refractivity (Wildman–Crippen MR) is 137 cm³/mol. The molecule has 2 aliphatic heterocycles. The third kappa shape index (κ3) is 5.32. The number of hydrogen-bond acceptors (Lipinski definition) is 5. The van der Waals surface area contributed by atoms with Crippen LogP contribution in [0.4, 0.5) is 14.5 Å². The minimum Gasteiger partial charge on any atom is -0.326 e. The zero-order chi connectivity index (χ0) is 25.2. The summed E-state index contributed by atoms with van der Waals surface area (Å²) < 4.78 is 26.9. The van der Waals surface area contributed by atoms with Crippen molar-refractivity contribution in [3.63, 3.8) is 0 Å². The van der Waals surface area contributed by atoms with E-state index >= 15 is 0 Å². The van der Waals surface area contributed by atoms with Crippen molar-refractivity contribution in [3.8, 4) is 0 Å². The smallest absolute Gasteiger partial charge is 0.262 e. The zero-order valence-corrected chi connectivity index (χ0v) is 20.3. The Morgan fingerprint density at radius 1 is 1.06 bits per heavy atom. The van der Waals surface area contributed by atoms with Crippen molar-refractivity contribution in [1.82, 2.24) is 5.01 Å². The fourth-order valence-electron chi connectivity index (χ4n) is 4.00. The van der Waals surface area contributed by atoms with Crippen LogP contribution >= 0.6 is 23.4 Å². The third-order valence-electron chi connectivity index (χ3n) is 5.75. The van der Waals surface area contributed by atoms with Gasteiger partial charge in [-0.3, -0.25) is 9.59 Å². The highest BCUT2D eigenvalue weighted by molar-refractivity contribution is 8.15. The number of amidine groups is 1. The maximum Gasteiger partial charge on any atom is 0.262 e. The number of carbonyl (C=O) groups is 2. The highest BCUT2D eigenvalue weighted by atomic mass is 35.5. The van der Waals surface area contributed by atoms with Gasteiger partial charge in [0.15, 0.2) is 5.17 Å². The molecule has 5 rings (SSSR count). The largest absolute Gasteiger partial charge is 0.326 e. The van der Waals surface area contributed by atoms with Crippen LogP contribution in [0.3, 0.4) is 0 Å². The molecule has 2 amide bonds. The van der Waals surface area contributed by atoms with E-state index in [0.29, 0.717) is 22.3 Å². The van der Waals surface area contributed by atoms with E-state index in [4.69, 9.17) is 16.7 Å². The minimum absolute atomic E-state index is 0.124. The molecule has 0 aliphatic carbocycles. The Bertz CT molecular complexity index is 1380. The molecule has 6 nitrogen and oxygen atoms in total. The van der Waals surface area contributed by atoms with E-state index in [0.717, 1.165) is 28.6 Å². The average molecular weight is 525 g/mol. The molecular weight excluding hydrogens is 506 g/mol. The van der Waals surface area contributed by atoms with Gasteiger partial charge >= 0.3 is 0 Å². The van der Waals surface area contributed by atoms with Crippen LogP contribution in [0.25, 0.3) is 0 Å². The van der Waals surface area contributed by atoms with E-state index in [1.165, 1.54) is 30.3 Å². The number of rotatable bonds is 5. The number of nitrogens with one attached hydrogen (secondary N) is 1. The van der Waals surface area contributed by atoms with Gasteiger partial charge in [0.1, 0.15) is 16.9 Å². The molecule has 0 spiro atoms. The first-order valence-corrected chi connectivity index (χ1v) is 12.3. The number of hydrazone groups is 1. The molecule has 0 bridgehead atoms. The highest BCUT2D eigenvalue weighted by Crippen LogP contribution is 2.39. The predicted octanol–water partition coefficient (Wildman–Crippen LogP) is 5.80. The van der Waals surface area contributed by atoms with Crippen molar-refractivity contribution in [2.45, 2.75) is 24.1 Å². The first kappa shape index (κ1) is 24.1. The van der Waals surface area contributed by atoms with E-state index in [-0.39, 0.29) is 18.3 Å². The average Bonchev–Trinajstić information content (AvgIpc) is 3.44. The lowest BCUT2D eigenvalue weighted by molar-refractivity contribution is -0.121. The first-order chi connectivity index (χ1) is 17.4. The number of benzene rings is 3. The second-order valence-electron chi connectivity index (χ2n) is 8.27. The van der Waals surface area contributed by atoms with Crippen molar-refractivity contribution >= 4 is 51.7 Å². The highest BCUT2D eigenvalue weighted by Gasteiger charge is 2.39. The van der Waals surface area contributed by atoms with Gasteiger partial charge in [0.05, 0.1) is 11.8 Å². The van der Waals surface area contributed by atoms with E-state index in [2.05, 4.69) is 10.3 Å². The third-order valence-corrected chi connectivity index (χ3v) is 7.14. The molecule has 0 unspecified atom stereocenters. The molecule has 1 N–H and O–H groups in total. The molecule has 0 radical (unpaired) electrons. The van der Waals surface area contributed by atoms with Gasteiger partial charge in [-0.1, -0.05) is 53.7 Å². The van der Waals surface area contributed by atoms with Gasteiger partial charge in [-0.05, 0) is 53.6 Å². The van der Waals surface area contributed by atoms with Crippen LogP contribution in [0, 0.1) is 11.6 Å². The van der Waals surface area contributed by atoms with Crippen LogP contribution in [0.5, 0.6) is 0 Å². The molecule has 3 aromatic carbocycles. The summed E-state index contributed by atoms with van der Waals surface area (Å²) in [6.07, 6.45) is 0.382. The SMILES string of the molecule is O=C(C[C@H]1SC(N2N=C(c3ccc(F)cc3)C[C@H]2c2ccc(Cl)cc2)=NC1=O)Nc1cccc(F)c1. The van der Waals surface area contributed by atoms with Crippen molar-refractivity contribution < 1.29 is 18.4 Å². The number of hydrogen-bond donors (Lipinski definition) is 1. The first-order valence-electron chi connectivity index (χ1n) is 11.1. The molecule has 0 fully saturated rings. The summed E-state index contributed by atoms with van der Waals surface area (Å²) in [6, 6.07) is 18.7. The molecule has 0 aromatic heterocycles. The Hall–Kier alpha value is -3.56. The maximum atomic E-state index is 13.4. The summed E-state index contributed by atoms with van der Waals surface area (Å²) in [5, 5.41) is 9.24. The quantitative estimate of drug-likeness (QED) is 0.458. The molecule has 2 heterocycles. The van der Waals surface area contributed by atoms with Crippen LogP contribution in [0.2, 0.25) is 5.02 Å². The molecule has 10 heteroatoms. The van der Waals surface area contributed by atoms with E-state index < -0.39 is 22.9 Å². The van der Waals surface area contributed by atoms with Gasteiger partial charge < -0.3 is 5.32 Å². The Morgan fingerprint density at radius 2 is 1.81 bits per heavy atom. The lowest BCUT2D eigenvalue weighted by Crippen LogP contribution is -2.25. The maximum absolute atomic E-state index is 13.4. The summed E-state index contributed by atoms with van der Waals surface area (Å²) >= 11 is 7.22. The van der Waals surface area contributed by atoms with Crippen molar-refractivity contribution in [1.29, 1.82) is 0 Å². The second kappa shape index (κ2) is 10.2. The Labute approximate surface area is 215 Å². The normalized spacial score (nSPS) is 19.3. The van der Waals surface area contributed by atoms with Gasteiger partial charge in [0.2, 0.25) is 5.91 Å². The zero-order valence-electron chi connectivity index (χ0n) is 18.7. The van der Waals surface area contributed by atoms with Gasteiger partial charge in [-0.15, -0.1) is 0 Å². The topological polar surface area (TPSA) is 74.1 Å². The van der Waals surface area contributed by atoms with E-state index in [1.54, 1.807) is 35.3 Å². The number of halogens is 3. The minimum atomic E-state index is -0.732. The molecule has 0 saturated heterocycles. The monoisotopic (exact) mass is 524 g/mol. The van der Waals surface area contributed by atoms with Gasteiger partial charge in [-0.25, -0.2) is 13.8 Å². The lowest BCUT2D eigenvalue weighted by atomic mass is 9.99. The standard InChI is InChI=1S/C26H19ClF2N4O2S/c27-17-8-4-16(5-9-17)22-13-21(15-6-10-18(28)11-7-15)32-33(22)26-31-25(35)23(36-26)14-24(34)30-20-3-1-2-19(29)12-20/h1-12,22-23H,13-14H2,(H,30,34)/t22-,23+/m0/s1. The summed E-state index contributed by atoms with van der Waals surface area (Å²) in [7, 11) is 0. The summed E-state index contributed by atoms with van der Waals surface area (Å²) in [5.41, 5.74) is 2.72. The van der Waals surface area contributed by atoms with Crippen LogP contribution in [0.15, 0.2) is 82.9 Å². The van der Waals surface area contributed by atoms with Gasteiger partial charge in [0.25, 0.3) is 5.91 Å². The molecule has 182 valence electrons. The number of amides is 2. The van der Waals surface area contributed by atoms with Crippen LogP contribution in [-0.4, -0.2) is 33.0 Å². The van der Waals surface area contributed by atoms with E-state index in [1.807, 2.05) is 12.1 Å². The summed E-state index contributed by atoms with van der Waals surface area (Å²) in [6.45, 7) is 0. The number of thioether (sulfide) groups is 1. The van der Waals surface area contributed by atoms with Crippen LogP contribution in [-0.2, 0) is 9.59 Å². The van der Waals surface area contributed by atoms with Gasteiger partial charge in [-0.2, -0.15) is 10.1 Å². The number of nitrogens with zero attached hydrogens (tertiary/aromatic N) is 3. The lowest BCUT2D eigenvalue weighted by Gasteiger charge is -2.23.